The van der Waals surface area contributed by atoms with Crippen molar-refractivity contribution in [3.05, 3.63) is 42.0 Å². The van der Waals surface area contributed by atoms with Crippen LogP contribution in [0.5, 0.6) is 0 Å². The van der Waals surface area contributed by atoms with E-state index in [0.717, 1.165) is 12.0 Å². The molecule has 1 unspecified atom stereocenters. The summed E-state index contributed by atoms with van der Waals surface area (Å²) in [5, 5.41) is 9.79. The van der Waals surface area contributed by atoms with Crippen molar-refractivity contribution in [3.8, 4) is 0 Å². The van der Waals surface area contributed by atoms with Crippen LogP contribution in [-0.2, 0) is 0 Å². The number of carbonyl (C=O) groups excluding carboxylic acids is 1. The molecular formula is C14H17NO2. The summed E-state index contributed by atoms with van der Waals surface area (Å²) in [5.41, 5.74) is 2.25. The van der Waals surface area contributed by atoms with E-state index in [1.54, 1.807) is 11.0 Å². The molecule has 1 N–H and O–H groups in total. The summed E-state index contributed by atoms with van der Waals surface area (Å²) in [5.74, 6) is -0.0549. The first-order valence-electron chi connectivity index (χ1n) is 5.93. The van der Waals surface area contributed by atoms with E-state index in [-0.39, 0.29) is 5.91 Å². The highest BCUT2D eigenvalue weighted by atomic mass is 16.3. The number of amides is 1. The third kappa shape index (κ3) is 2.11. The molecule has 90 valence electrons. The molecule has 0 aromatic heterocycles. The summed E-state index contributed by atoms with van der Waals surface area (Å²) in [6.07, 6.45) is 1.13. The molecule has 0 aliphatic carbocycles. The second kappa shape index (κ2) is 4.72. The van der Waals surface area contributed by atoms with Crippen molar-refractivity contribution in [3.63, 3.8) is 0 Å². The number of hydrogen-bond donors (Lipinski definition) is 1. The standard InChI is InChI=1S/C14H17NO2/c1-3-6-11(16)9-15-10(2)12-7-4-5-8-13(12)14(15)17/h4-5,7-8,11,16H,2-3,6,9H2,1H3. The second-order valence-corrected chi connectivity index (χ2v) is 4.35. The molecule has 17 heavy (non-hydrogen) atoms. The van der Waals surface area contributed by atoms with Crippen LogP contribution in [0.4, 0.5) is 0 Å². The predicted molar refractivity (Wildman–Crippen MR) is 67.4 cm³/mol. The fourth-order valence-corrected chi connectivity index (χ4v) is 2.16. The van der Waals surface area contributed by atoms with Crippen molar-refractivity contribution >= 4 is 11.6 Å². The van der Waals surface area contributed by atoms with Crippen LogP contribution >= 0.6 is 0 Å². The Labute approximate surface area is 101 Å². The van der Waals surface area contributed by atoms with Crippen LogP contribution in [0.3, 0.4) is 0 Å². The minimum Gasteiger partial charge on any atom is -0.391 e. The van der Waals surface area contributed by atoms with Crippen LogP contribution in [0.1, 0.15) is 35.7 Å². The Kier molecular flexibility index (Phi) is 3.29. The van der Waals surface area contributed by atoms with Gasteiger partial charge in [-0.25, -0.2) is 0 Å². The maximum atomic E-state index is 12.1. The van der Waals surface area contributed by atoms with E-state index in [1.165, 1.54) is 0 Å². The lowest BCUT2D eigenvalue weighted by molar-refractivity contribution is 0.0748. The summed E-state index contributed by atoms with van der Waals surface area (Å²) in [7, 11) is 0. The monoisotopic (exact) mass is 231 g/mol. The lowest BCUT2D eigenvalue weighted by Crippen LogP contribution is -2.31. The number of benzene rings is 1. The van der Waals surface area contributed by atoms with Crippen LogP contribution in [0.15, 0.2) is 30.8 Å². The van der Waals surface area contributed by atoms with E-state index in [4.69, 9.17) is 0 Å². The normalized spacial score (nSPS) is 16.2. The second-order valence-electron chi connectivity index (χ2n) is 4.35. The van der Waals surface area contributed by atoms with Gasteiger partial charge in [0.1, 0.15) is 0 Å². The van der Waals surface area contributed by atoms with Gasteiger partial charge in [-0.2, -0.15) is 0 Å². The van der Waals surface area contributed by atoms with Gasteiger partial charge in [0.15, 0.2) is 0 Å². The molecule has 2 rings (SSSR count). The summed E-state index contributed by atoms with van der Waals surface area (Å²) < 4.78 is 0. The van der Waals surface area contributed by atoms with Gasteiger partial charge in [-0.1, -0.05) is 38.1 Å². The summed E-state index contributed by atoms with van der Waals surface area (Å²) >= 11 is 0. The largest absolute Gasteiger partial charge is 0.391 e. The van der Waals surface area contributed by atoms with Crippen LogP contribution in [0, 0.1) is 0 Å². The van der Waals surface area contributed by atoms with Gasteiger partial charge in [0.25, 0.3) is 5.91 Å². The van der Waals surface area contributed by atoms with Gasteiger partial charge in [0.2, 0.25) is 0 Å². The number of nitrogens with zero attached hydrogens (tertiary/aromatic N) is 1. The van der Waals surface area contributed by atoms with Gasteiger partial charge in [-0.05, 0) is 12.5 Å². The third-order valence-electron chi connectivity index (χ3n) is 3.05. The molecule has 0 fully saturated rings. The predicted octanol–water partition coefficient (Wildman–Crippen LogP) is 2.27. The van der Waals surface area contributed by atoms with Crippen molar-refractivity contribution in [2.45, 2.75) is 25.9 Å². The Morgan fingerprint density at radius 2 is 2.00 bits per heavy atom. The quantitative estimate of drug-likeness (QED) is 0.863. The zero-order valence-corrected chi connectivity index (χ0v) is 10.0. The van der Waals surface area contributed by atoms with E-state index in [1.807, 2.05) is 25.1 Å². The SMILES string of the molecule is C=C1c2ccccc2C(=O)N1CC(O)CCC. The Bertz CT molecular complexity index is 418. The van der Waals surface area contributed by atoms with Gasteiger partial charge in [0, 0.05) is 16.8 Å². The Morgan fingerprint density at radius 3 is 2.59 bits per heavy atom. The van der Waals surface area contributed by atoms with Gasteiger partial charge in [0.05, 0.1) is 12.6 Å². The fourth-order valence-electron chi connectivity index (χ4n) is 2.16. The van der Waals surface area contributed by atoms with Crippen molar-refractivity contribution in [2.24, 2.45) is 0 Å². The molecule has 0 saturated carbocycles. The van der Waals surface area contributed by atoms with Crippen LogP contribution in [0.2, 0.25) is 0 Å². The molecule has 1 heterocycles. The average molecular weight is 231 g/mol. The van der Waals surface area contributed by atoms with Gasteiger partial charge in [-0.15, -0.1) is 0 Å². The van der Waals surface area contributed by atoms with Crippen molar-refractivity contribution in [2.75, 3.05) is 6.54 Å². The molecule has 1 atom stereocenters. The summed E-state index contributed by atoms with van der Waals surface area (Å²) in [6, 6.07) is 7.43. The van der Waals surface area contributed by atoms with Crippen LogP contribution < -0.4 is 0 Å². The van der Waals surface area contributed by atoms with E-state index in [0.29, 0.717) is 24.2 Å². The van der Waals surface area contributed by atoms with E-state index >= 15 is 0 Å². The van der Waals surface area contributed by atoms with Crippen molar-refractivity contribution in [1.82, 2.24) is 4.90 Å². The minimum absolute atomic E-state index is 0.0549. The molecule has 1 amide bonds. The number of hydrogen-bond acceptors (Lipinski definition) is 2. The van der Waals surface area contributed by atoms with Crippen LogP contribution in [0.25, 0.3) is 5.70 Å². The zero-order valence-electron chi connectivity index (χ0n) is 10.0. The minimum atomic E-state index is -0.477. The molecule has 0 radical (unpaired) electrons. The van der Waals surface area contributed by atoms with Crippen molar-refractivity contribution in [1.29, 1.82) is 0 Å². The Hall–Kier alpha value is -1.61. The van der Waals surface area contributed by atoms with Crippen LogP contribution in [-0.4, -0.2) is 28.6 Å². The number of rotatable bonds is 4. The Morgan fingerprint density at radius 1 is 1.35 bits per heavy atom. The highest BCUT2D eigenvalue weighted by Gasteiger charge is 2.31. The van der Waals surface area contributed by atoms with Crippen molar-refractivity contribution < 1.29 is 9.90 Å². The summed E-state index contributed by atoms with van der Waals surface area (Å²) in [6.45, 7) is 6.28. The number of carbonyl (C=O) groups is 1. The average Bonchev–Trinajstić information content (AvgIpc) is 2.56. The highest BCUT2D eigenvalue weighted by molar-refractivity contribution is 6.08. The molecule has 1 aromatic carbocycles. The number of fused-ring (bicyclic) bond motifs is 1. The first-order valence-corrected chi connectivity index (χ1v) is 5.93. The summed E-state index contributed by atoms with van der Waals surface area (Å²) in [4.78, 5) is 13.7. The molecule has 0 saturated heterocycles. The topological polar surface area (TPSA) is 40.5 Å². The maximum absolute atomic E-state index is 12.1. The number of aliphatic hydroxyl groups is 1. The molecule has 1 aromatic rings. The third-order valence-corrected chi connectivity index (χ3v) is 3.05. The first-order chi connectivity index (χ1) is 8.15. The molecule has 3 heteroatoms. The number of aliphatic hydroxyl groups excluding tert-OH is 1. The number of β-amino-alcohol motifs (C(OH)–C–C–N with tert-alkyl or cyclic N) is 1. The maximum Gasteiger partial charge on any atom is 0.259 e. The Balaban J connectivity index is 2.19. The van der Waals surface area contributed by atoms with E-state index in [9.17, 15) is 9.90 Å². The molecule has 0 bridgehead atoms. The smallest absolute Gasteiger partial charge is 0.259 e. The first kappa shape index (κ1) is 11.9. The lowest BCUT2D eigenvalue weighted by atomic mass is 10.1. The molecular weight excluding hydrogens is 214 g/mol. The highest BCUT2D eigenvalue weighted by Crippen LogP contribution is 2.31. The molecule has 0 spiro atoms. The molecule has 1 aliphatic heterocycles. The van der Waals surface area contributed by atoms with E-state index in [2.05, 4.69) is 6.58 Å². The fraction of sp³-hybridized carbons (Fsp3) is 0.357. The molecule has 1 aliphatic rings. The molecule has 3 nitrogen and oxygen atoms in total. The lowest BCUT2D eigenvalue weighted by Gasteiger charge is -2.20. The van der Waals surface area contributed by atoms with Gasteiger partial charge < -0.3 is 10.0 Å². The van der Waals surface area contributed by atoms with Gasteiger partial charge >= 0.3 is 0 Å². The van der Waals surface area contributed by atoms with Gasteiger partial charge in [-0.3, -0.25) is 4.79 Å². The van der Waals surface area contributed by atoms with E-state index < -0.39 is 6.10 Å². The zero-order chi connectivity index (χ0) is 12.4.